The van der Waals surface area contributed by atoms with Crippen molar-refractivity contribution in [3.8, 4) is 11.5 Å². The Hall–Kier alpha value is -3.44. The number of halogens is 1. The summed E-state index contributed by atoms with van der Waals surface area (Å²) in [6.45, 7) is 6.34. The predicted octanol–water partition coefficient (Wildman–Crippen LogP) is 3.30. The normalized spacial score (nSPS) is 38.3. The first-order valence-corrected chi connectivity index (χ1v) is 14.6. The number of carbonyl (C=O) groups is 3. The van der Waals surface area contributed by atoms with Crippen molar-refractivity contribution in [1.82, 2.24) is 0 Å². The van der Waals surface area contributed by atoms with Gasteiger partial charge < -0.3 is 34.3 Å². The average Bonchev–Trinajstić information content (AvgIpc) is 3.70. The minimum absolute atomic E-state index is 0.0229. The second kappa shape index (κ2) is 9.04. The zero-order valence-electron chi connectivity index (χ0n) is 24.0. The van der Waals surface area contributed by atoms with Gasteiger partial charge in [-0.05, 0) is 63.5 Å². The summed E-state index contributed by atoms with van der Waals surface area (Å²) in [4.78, 5) is 42.1. The Labute approximate surface area is 252 Å². The van der Waals surface area contributed by atoms with Crippen molar-refractivity contribution < 1.29 is 48.7 Å². The molecule has 7 rings (SSSR count). The maximum absolute atomic E-state index is 14.4. The van der Waals surface area contributed by atoms with Crippen LogP contribution in [0.4, 0.5) is 0 Å². The molecular formula is C32H31ClO10. The third kappa shape index (κ3) is 3.49. The highest BCUT2D eigenvalue weighted by atomic mass is 35.5. The van der Waals surface area contributed by atoms with Gasteiger partial charge in [0.15, 0.2) is 11.9 Å². The van der Waals surface area contributed by atoms with E-state index in [0.29, 0.717) is 23.1 Å². The fourth-order valence-corrected chi connectivity index (χ4v) is 8.21. The van der Waals surface area contributed by atoms with Gasteiger partial charge in [-0.2, -0.15) is 0 Å². The number of allylic oxidation sites excluding steroid dienone is 4. The summed E-state index contributed by atoms with van der Waals surface area (Å²) in [7, 11) is 0. The molecule has 226 valence electrons. The molecule has 10 nitrogen and oxygen atoms in total. The number of carbonyl (C=O) groups excluding carboxylic acids is 3. The van der Waals surface area contributed by atoms with Gasteiger partial charge in [0.05, 0.1) is 0 Å². The van der Waals surface area contributed by atoms with E-state index in [1.807, 2.05) is 26.0 Å². The Bertz CT molecular complexity index is 1650. The number of aliphatic hydroxyl groups is 2. The molecule has 6 aliphatic rings. The van der Waals surface area contributed by atoms with Crippen LogP contribution in [0.2, 0.25) is 0 Å². The summed E-state index contributed by atoms with van der Waals surface area (Å²) in [5, 5.41) is 31.6. The SMILES string of the molecule is CC(C)=CCC12OC1C(O)C=C1C3C=C(C)CC4(C(=O)CO)C3C(=C(Cl)C(=O)C43OC(=O)c4c(O)cc(C)cc4O3)OC12. The zero-order valence-corrected chi connectivity index (χ0v) is 24.7. The summed E-state index contributed by atoms with van der Waals surface area (Å²) in [6, 6.07) is 2.81. The Kier molecular flexibility index (Phi) is 5.96. The third-order valence-corrected chi connectivity index (χ3v) is 10.1. The molecule has 43 heavy (non-hydrogen) atoms. The number of benzene rings is 1. The van der Waals surface area contributed by atoms with E-state index in [9.17, 15) is 29.7 Å². The van der Waals surface area contributed by atoms with Gasteiger partial charge in [-0.15, -0.1) is 0 Å². The molecule has 8 atom stereocenters. The smallest absolute Gasteiger partial charge is 0.349 e. The molecule has 2 saturated heterocycles. The number of hydrogen-bond acceptors (Lipinski definition) is 10. The molecule has 11 heteroatoms. The van der Waals surface area contributed by atoms with Crippen LogP contribution in [0, 0.1) is 24.2 Å². The molecule has 3 aliphatic carbocycles. The van der Waals surface area contributed by atoms with E-state index in [1.54, 1.807) is 19.9 Å². The summed E-state index contributed by atoms with van der Waals surface area (Å²) in [5.74, 6) is -7.75. The van der Waals surface area contributed by atoms with Crippen molar-refractivity contribution in [2.24, 2.45) is 17.3 Å². The quantitative estimate of drug-likeness (QED) is 0.263. The topological polar surface area (TPSA) is 152 Å². The van der Waals surface area contributed by atoms with Crippen LogP contribution in [0.1, 0.15) is 49.5 Å². The van der Waals surface area contributed by atoms with E-state index in [-0.39, 0.29) is 23.5 Å². The van der Waals surface area contributed by atoms with Crippen molar-refractivity contribution in [3.05, 3.63) is 69.0 Å². The maximum atomic E-state index is 14.4. The van der Waals surface area contributed by atoms with Crippen LogP contribution in [-0.2, 0) is 23.8 Å². The second-order valence-electron chi connectivity index (χ2n) is 12.7. The number of ether oxygens (including phenoxy) is 4. The van der Waals surface area contributed by atoms with Gasteiger partial charge in [0.1, 0.15) is 57.7 Å². The van der Waals surface area contributed by atoms with E-state index < -0.39 is 81.9 Å². The molecule has 3 N–H and O–H groups in total. The molecule has 3 aliphatic heterocycles. The highest BCUT2D eigenvalue weighted by Gasteiger charge is 2.79. The van der Waals surface area contributed by atoms with Crippen LogP contribution in [0.5, 0.6) is 11.5 Å². The van der Waals surface area contributed by atoms with Crippen LogP contribution in [0.25, 0.3) is 0 Å². The number of phenolic OH excluding ortho intramolecular Hbond substituents is 1. The minimum atomic E-state index is -2.61. The molecule has 0 amide bonds. The molecule has 3 heterocycles. The molecule has 0 bridgehead atoms. The average molecular weight is 611 g/mol. The van der Waals surface area contributed by atoms with Crippen molar-refractivity contribution in [1.29, 1.82) is 0 Å². The van der Waals surface area contributed by atoms with Gasteiger partial charge in [0.25, 0.3) is 5.78 Å². The first-order valence-electron chi connectivity index (χ1n) is 14.2. The van der Waals surface area contributed by atoms with Crippen molar-refractivity contribution in [2.75, 3.05) is 6.61 Å². The molecule has 8 unspecified atom stereocenters. The highest BCUT2D eigenvalue weighted by Crippen LogP contribution is 2.67. The largest absolute Gasteiger partial charge is 0.507 e. The first-order chi connectivity index (χ1) is 20.3. The van der Waals surface area contributed by atoms with Crippen LogP contribution in [0.15, 0.2) is 57.9 Å². The van der Waals surface area contributed by atoms with Gasteiger partial charge in [-0.1, -0.05) is 34.9 Å². The summed E-state index contributed by atoms with van der Waals surface area (Å²) in [6.07, 6.45) is 3.67. The van der Waals surface area contributed by atoms with Crippen LogP contribution in [0.3, 0.4) is 0 Å². The Morgan fingerprint density at radius 3 is 2.60 bits per heavy atom. The lowest BCUT2D eigenvalue weighted by molar-refractivity contribution is -0.241. The highest BCUT2D eigenvalue weighted by molar-refractivity contribution is 6.44. The minimum Gasteiger partial charge on any atom is -0.507 e. The number of hydrogen-bond donors (Lipinski definition) is 3. The predicted molar refractivity (Wildman–Crippen MR) is 150 cm³/mol. The van der Waals surface area contributed by atoms with E-state index in [4.69, 9.17) is 30.5 Å². The van der Waals surface area contributed by atoms with Crippen LogP contribution >= 0.6 is 11.6 Å². The molecule has 1 aromatic rings. The van der Waals surface area contributed by atoms with Gasteiger partial charge >= 0.3 is 11.8 Å². The summed E-state index contributed by atoms with van der Waals surface area (Å²) >= 11 is 6.82. The lowest BCUT2D eigenvalue weighted by Crippen LogP contribution is -2.73. The van der Waals surface area contributed by atoms with Crippen LogP contribution in [-0.4, -0.2) is 69.2 Å². The van der Waals surface area contributed by atoms with Gasteiger partial charge in [-0.3, -0.25) is 9.59 Å². The lowest BCUT2D eigenvalue weighted by Gasteiger charge is -2.59. The molecule has 0 aromatic heterocycles. The fourth-order valence-electron chi connectivity index (χ4n) is 7.93. The van der Waals surface area contributed by atoms with E-state index in [1.165, 1.54) is 12.1 Å². The molecule has 0 radical (unpaired) electrons. The van der Waals surface area contributed by atoms with Gasteiger partial charge in [0.2, 0.25) is 0 Å². The Balaban J connectivity index is 1.48. The maximum Gasteiger partial charge on any atom is 0.349 e. The van der Waals surface area contributed by atoms with Crippen molar-refractivity contribution >= 4 is 29.1 Å². The number of fused-ring (bicyclic) bond motifs is 6. The van der Waals surface area contributed by atoms with Gasteiger partial charge in [0, 0.05) is 18.3 Å². The zero-order chi connectivity index (χ0) is 30.8. The van der Waals surface area contributed by atoms with Crippen molar-refractivity contribution in [2.45, 2.75) is 70.2 Å². The van der Waals surface area contributed by atoms with Gasteiger partial charge in [-0.25, -0.2) is 4.79 Å². The Morgan fingerprint density at radius 2 is 1.91 bits per heavy atom. The number of aliphatic hydroxyl groups excluding tert-OH is 2. The number of rotatable bonds is 4. The number of aromatic hydroxyl groups is 1. The monoisotopic (exact) mass is 610 g/mol. The van der Waals surface area contributed by atoms with E-state index in [2.05, 4.69) is 0 Å². The molecule has 1 spiro atoms. The first kappa shape index (κ1) is 28.3. The fraction of sp³-hybridized carbons (Fsp3) is 0.469. The number of phenols is 1. The number of Topliss-reactive ketones (excluding diaryl/α,β-unsaturated/α-hetero) is 2. The third-order valence-electron chi connectivity index (χ3n) is 9.71. The van der Waals surface area contributed by atoms with E-state index in [0.717, 1.165) is 5.57 Å². The standard InChI is InChI=1S/C32H31ClO10/c1-13(2)5-6-31-27-17(10-19(36)28(31)42-31)16-7-15(4)11-30(21(37)12-34)23(16)25(40-27)24(33)26(38)32(30)41-20-9-14(3)8-18(35)22(20)29(39)43-32/h5,7-10,16,19,23,27-28,34-36H,6,11-12H2,1-4H3. The summed E-state index contributed by atoms with van der Waals surface area (Å²) < 4.78 is 24.8. The Morgan fingerprint density at radius 1 is 1.16 bits per heavy atom. The van der Waals surface area contributed by atoms with Crippen LogP contribution < -0.4 is 4.74 Å². The number of aryl methyl sites for hydroxylation is 1. The van der Waals surface area contributed by atoms with Crippen molar-refractivity contribution in [3.63, 3.8) is 0 Å². The molecule has 0 saturated carbocycles. The van der Waals surface area contributed by atoms with E-state index >= 15 is 0 Å². The molecule has 1 aromatic carbocycles. The number of ketones is 2. The molecular weight excluding hydrogens is 580 g/mol. The number of esters is 1. The lowest BCUT2D eigenvalue weighted by atomic mass is 9.50. The number of epoxide rings is 1. The molecule has 2 fully saturated rings. The summed E-state index contributed by atoms with van der Waals surface area (Å²) in [5.41, 5.74) is -0.342. The second-order valence-corrected chi connectivity index (χ2v) is 13.0.